The maximum atomic E-state index is 13.4. The van der Waals surface area contributed by atoms with Gasteiger partial charge in [-0.25, -0.2) is 4.79 Å². The van der Waals surface area contributed by atoms with Crippen molar-refractivity contribution >= 4 is 17.9 Å². The van der Waals surface area contributed by atoms with Gasteiger partial charge < -0.3 is 19.3 Å². The SMILES string of the molecule is C=C1C[C@]23C[C@H]4[C@@H]5[C@@]6(C)CN4[C@@H]4[C@H]2[C@@H](OC(C)=O)[C@H]1[C@H](O)[C@H]3[C@]54C[C@H](OC(=O)c1ccccc1)[C@H]6OC(C)=O. The number of rotatable bonds is 4. The Bertz CT molecular complexity index is 1330. The topological polar surface area (TPSA) is 102 Å². The number of aliphatic hydroxyl groups excluding tert-OH is 1. The van der Waals surface area contributed by atoms with Crippen LogP contribution in [0.15, 0.2) is 42.5 Å². The zero-order valence-corrected chi connectivity index (χ0v) is 22.5. The molecule has 1 unspecified atom stereocenters. The van der Waals surface area contributed by atoms with Crippen molar-refractivity contribution in [2.45, 2.75) is 76.5 Å². The van der Waals surface area contributed by atoms with Crippen molar-refractivity contribution in [3.05, 3.63) is 48.0 Å². The first-order chi connectivity index (χ1) is 18.5. The van der Waals surface area contributed by atoms with Gasteiger partial charge in [0.05, 0.1) is 11.7 Å². The largest absolute Gasteiger partial charge is 0.461 e. The number of esters is 3. The van der Waals surface area contributed by atoms with Gasteiger partial charge in [0.15, 0.2) is 0 Å². The molecule has 0 radical (unpaired) electrons. The van der Waals surface area contributed by atoms with E-state index in [2.05, 4.69) is 18.4 Å². The molecule has 3 aliphatic heterocycles. The molecule has 1 aromatic carbocycles. The van der Waals surface area contributed by atoms with Crippen molar-refractivity contribution in [1.29, 1.82) is 0 Å². The van der Waals surface area contributed by atoms with E-state index in [1.54, 1.807) is 24.3 Å². The lowest BCUT2D eigenvalue weighted by atomic mass is 9.39. The van der Waals surface area contributed by atoms with Crippen molar-refractivity contribution in [2.75, 3.05) is 6.54 Å². The average Bonchev–Trinajstić information content (AvgIpc) is 3.31. The van der Waals surface area contributed by atoms with Gasteiger partial charge in [-0.1, -0.05) is 37.3 Å². The molecule has 2 spiro atoms. The van der Waals surface area contributed by atoms with Crippen LogP contribution in [0.4, 0.5) is 0 Å². The summed E-state index contributed by atoms with van der Waals surface area (Å²) >= 11 is 0. The summed E-state index contributed by atoms with van der Waals surface area (Å²) in [5, 5.41) is 12.1. The number of fused-ring (bicyclic) bond motifs is 1. The van der Waals surface area contributed by atoms with E-state index in [1.807, 2.05) is 6.07 Å². The highest BCUT2D eigenvalue weighted by atomic mass is 16.6. The Labute approximate surface area is 227 Å². The molecule has 14 atom stereocenters. The Kier molecular flexibility index (Phi) is 4.53. The summed E-state index contributed by atoms with van der Waals surface area (Å²) < 4.78 is 18.3. The summed E-state index contributed by atoms with van der Waals surface area (Å²) in [6.45, 7) is 10.1. The molecule has 6 saturated carbocycles. The molecule has 0 amide bonds. The molecule has 9 bridgehead atoms. The van der Waals surface area contributed by atoms with Crippen molar-refractivity contribution in [2.24, 2.45) is 39.9 Å². The van der Waals surface area contributed by atoms with Gasteiger partial charge in [0.25, 0.3) is 0 Å². The Balaban J connectivity index is 1.27. The average molecular weight is 534 g/mol. The van der Waals surface area contributed by atoms with Crippen LogP contribution in [0.25, 0.3) is 0 Å². The molecule has 3 saturated heterocycles. The van der Waals surface area contributed by atoms with E-state index < -0.39 is 35.8 Å². The summed E-state index contributed by atoms with van der Waals surface area (Å²) in [6, 6.07) is 9.33. The quantitative estimate of drug-likeness (QED) is 0.358. The van der Waals surface area contributed by atoms with Gasteiger partial charge in [0, 0.05) is 55.1 Å². The Morgan fingerprint density at radius 2 is 1.74 bits per heavy atom. The molecule has 10 rings (SSSR count). The highest BCUT2D eigenvalue weighted by Gasteiger charge is 2.92. The van der Waals surface area contributed by atoms with E-state index in [-0.39, 0.29) is 52.5 Å². The fourth-order valence-corrected chi connectivity index (χ4v) is 12.1. The number of hydrogen-bond donors (Lipinski definition) is 1. The van der Waals surface area contributed by atoms with Crippen LogP contribution in [0.2, 0.25) is 0 Å². The van der Waals surface area contributed by atoms with Gasteiger partial charge in [-0.3, -0.25) is 14.5 Å². The normalized spacial score (nSPS) is 52.6. The minimum absolute atomic E-state index is 0.00983. The Morgan fingerprint density at radius 3 is 2.44 bits per heavy atom. The lowest BCUT2D eigenvalue weighted by molar-refractivity contribution is -0.239. The molecule has 8 nitrogen and oxygen atoms in total. The highest BCUT2D eigenvalue weighted by Crippen LogP contribution is 2.87. The van der Waals surface area contributed by atoms with Crippen LogP contribution >= 0.6 is 0 Å². The van der Waals surface area contributed by atoms with E-state index >= 15 is 0 Å². The first-order valence-corrected chi connectivity index (χ1v) is 14.3. The molecular formula is C31H35NO7. The second kappa shape index (κ2) is 7.32. The number of hydrogen-bond acceptors (Lipinski definition) is 8. The molecule has 3 heterocycles. The van der Waals surface area contributed by atoms with Crippen molar-refractivity contribution < 1.29 is 33.7 Å². The molecule has 9 aliphatic rings. The maximum absolute atomic E-state index is 13.4. The fraction of sp³-hybridized carbons (Fsp3) is 0.645. The van der Waals surface area contributed by atoms with E-state index in [1.165, 1.54) is 13.8 Å². The number of aliphatic hydroxyl groups is 1. The number of carbonyl (C=O) groups excluding carboxylic acids is 3. The van der Waals surface area contributed by atoms with E-state index in [0.29, 0.717) is 18.0 Å². The van der Waals surface area contributed by atoms with Crippen molar-refractivity contribution in [1.82, 2.24) is 4.90 Å². The predicted molar refractivity (Wildman–Crippen MR) is 137 cm³/mol. The lowest BCUT2D eigenvalue weighted by Crippen LogP contribution is -2.70. The van der Waals surface area contributed by atoms with E-state index in [9.17, 15) is 19.5 Å². The van der Waals surface area contributed by atoms with E-state index in [0.717, 1.165) is 25.0 Å². The maximum Gasteiger partial charge on any atom is 0.338 e. The second-order valence-electron chi connectivity index (χ2n) is 13.7. The Hall–Kier alpha value is -2.71. The highest BCUT2D eigenvalue weighted by molar-refractivity contribution is 5.89. The third-order valence-electron chi connectivity index (χ3n) is 12.2. The number of ether oxygens (including phenoxy) is 3. The molecule has 9 fully saturated rings. The molecule has 206 valence electrons. The zero-order valence-electron chi connectivity index (χ0n) is 22.5. The van der Waals surface area contributed by atoms with Crippen LogP contribution in [0, 0.1) is 39.9 Å². The van der Waals surface area contributed by atoms with Crippen molar-refractivity contribution in [3.8, 4) is 0 Å². The molecular weight excluding hydrogens is 498 g/mol. The van der Waals surface area contributed by atoms with Crippen LogP contribution in [-0.4, -0.2) is 71.0 Å². The third-order valence-corrected chi connectivity index (χ3v) is 12.2. The minimum atomic E-state index is -0.682. The summed E-state index contributed by atoms with van der Waals surface area (Å²) in [5.41, 5.74) is 0.496. The number of piperidine rings is 2. The number of benzene rings is 1. The van der Waals surface area contributed by atoms with Gasteiger partial charge in [-0.15, -0.1) is 0 Å². The first kappa shape index (κ1) is 24.1. The Morgan fingerprint density at radius 1 is 1.03 bits per heavy atom. The summed E-state index contributed by atoms with van der Waals surface area (Å²) in [5.74, 6) is -1.14. The smallest absolute Gasteiger partial charge is 0.338 e. The lowest BCUT2D eigenvalue weighted by Gasteiger charge is -2.66. The van der Waals surface area contributed by atoms with Gasteiger partial charge in [0.1, 0.15) is 18.3 Å². The monoisotopic (exact) mass is 533 g/mol. The molecule has 1 aromatic rings. The molecule has 6 aliphatic carbocycles. The molecule has 8 heteroatoms. The van der Waals surface area contributed by atoms with Crippen LogP contribution in [-0.2, 0) is 23.8 Å². The molecule has 39 heavy (non-hydrogen) atoms. The molecule has 1 N–H and O–H groups in total. The summed E-state index contributed by atoms with van der Waals surface area (Å²) in [4.78, 5) is 40.7. The van der Waals surface area contributed by atoms with Crippen LogP contribution in [0.3, 0.4) is 0 Å². The van der Waals surface area contributed by atoms with Crippen LogP contribution < -0.4 is 0 Å². The first-order valence-electron chi connectivity index (χ1n) is 14.3. The van der Waals surface area contributed by atoms with Gasteiger partial charge in [-0.2, -0.15) is 0 Å². The number of nitrogens with zero attached hydrogens (tertiary/aromatic N) is 1. The van der Waals surface area contributed by atoms with E-state index in [4.69, 9.17) is 14.2 Å². The van der Waals surface area contributed by atoms with Crippen LogP contribution in [0.1, 0.15) is 50.4 Å². The standard InChI is InChI=1S/C31H35NO7/c1-14-10-30-11-18-24-29(4)13-32(18)26-21(30)23(37-15(2)33)20(14)22(35)25(30)31(24,26)12-19(27(29)38-16(3)34)39-28(36)17-8-6-5-7-9-17/h5-9,18-27,35H,1,10-13H2,2-4H3/t18-,19-,20+,21+,22-,23-,24+,25+,26+,27+,29+,30-,31-/m0/s1. The number of carbonyl (C=O) groups is 3. The van der Waals surface area contributed by atoms with Gasteiger partial charge in [0.2, 0.25) is 0 Å². The third kappa shape index (κ3) is 2.57. The second-order valence-corrected chi connectivity index (χ2v) is 13.7. The summed E-state index contributed by atoms with van der Waals surface area (Å²) in [6.07, 6.45) is -0.0105. The predicted octanol–water partition coefficient (Wildman–Crippen LogP) is 2.74. The summed E-state index contributed by atoms with van der Waals surface area (Å²) in [7, 11) is 0. The van der Waals surface area contributed by atoms with Gasteiger partial charge in [-0.05, 0) is 48.6 Å². The van der Waals surface area contributed by atoms with Crippen molar-refractivity contribution in [3.63, 3.8) is 0 Å². The zero-order chi connectivity index (χ0) is 27.2. The van der Waals surface area contributed by atoms with Gasteiger partial charge >= 0.3 is 17.9 Å². The molecule has 0 aromatic heterocycles. The fourth-order valence-electron chi connectivity index (χ4n) is 12.1. The minimum Gasteiger partial charge on any atom is -0.461 e. The van der Waals surface area contributed by atoms with Crippen LogP contribution in [0.5, 0.6) is 0 Å².